The molecule has 1 aliphatic heterocycles. The second-order valence-corrected chi connectivity index (χ2v) is 4.45. The molecule has 1 heterocycles. The topological polar surface area (TPSA) is 72.6 Å². The minimum atomic E-state index is -0.383. The Morgan fingerprint density at radius 2 is 2.21 bits per heavy atom. The zero-order valence-corrected chi connectivity index (χ0v) is 11.0. The maximum Gasteiger partial charge on any atom is 0.326 e. The Balaban J connectivity index is 2.25. The summed E-state index contributed by atoms with van der Waals surface area (Å²) in [6.07, 6.45) is 1.11. The van der Waals surface area contributed by atoms with E-state index in [9.17, 15) is 9.59 Å². The molecule has 0 atom stereocenters. The summed E-state index contributed by atoms with van der Waals surface area (Å²) in [7, 11) is 0. The van der Waals surface area contributed by atoms with Crippen LogP contribution in [-0.4, -0.2) is 25.0 Å². The molecule has 0 saturated carbocycles. The van der Waals surface area contributed by atoms with Crippen LogP contribution in [0.15, 0.2) is 18.2 Å². The highest BCUT2D eigenvalue weighted by Gasteiger charge is 2.26. The lowest BCUT2D eigenvalue weighted by Gasteiger charge is -2.29. The van der Waals surface area contributed by atoms with E-state index in [2.05, 4.69) is 0 Å². The summed E-state index contributed by atoms with van der Waals surface area (Å²) in [6, 6.07) is 5.74. The number of ether oxygens (including phenoxy) is 1. The van der Waals surface area contributed by atoms with E-state index in [4.69, 9.17) is 10.5 Å². The molecule has 0 radical (unpaired) electrons. The molecule has 2 N–H and O–H groups in total. The lowest BCUT2D eigenvalue weighted by Crippen LogP contribution is -2.39. The van der Waals surface area contributed by atoms with E-state index in [0.717, 1.165) is 16.8 Å². The van der Waals surface area contributed by atoms with Gasteiger partial charge >= 0.3 is 5.97 Å². The molecule has 1 aromatic rings. The number of esters is 1. The lowest BCUT2D eigenvalue weighted by molar-refractivity contribution is -0.142. The van der Waals surface area contributed by atoms with E-state index in [1.807, 2.05) is 18.2 Å². The van der Waals surface area contributed by atoms with Gasteiger partial charge in [-0.05, 0) is 30.5 Å². The molecule has 102 valence electrons. The van der Waals surface area contributed by atoms with Crippen molar-refractivity contribution in [1.82, 2.24) is 0 Å². The zero-order valence-electron chi connectivity index (χ0n) is 11.0. The highest BCUT2D eigenvalue weighted by molar-refractivity contribution is 6.00. The minimum absolute atomic E-state index is 0.0261. The largest absolute Gasteiger partial charge is 0.465 e. The average Bonchev–Trinajstić information content (AvgIpc) is 2.41. The Hall–Kier alpha value is -1.88. The van der Waals surface area contributed by atoms with Crippen molar-refractivity contribution in [3.05, 3.63) is 29.3 Å². The maximum atomic E-state index is 11.9. The molecule has 0 saturated heterocycles. The molecule has 5 nitrogen and oxygen atoms in total. The number of hydrogen-bond acceptors (Lipinski definition) is 4. The van der Waals surface area contributed by atoms with Crippen molar-refractivity contribution in [2.45, 2.75) is 26.3 Å². The van der Waals surface area contributed by atoms with E-state index in [1.54, 1.807) is 6.92 Å². The molecular weight excluding hydrogens is 244 g/mol. The van der Waals surface area contributed by atoms with E-state index in [1.165, 1.54) is 4.90 Å². The molecular formula is C14H18N2O3. The van der Waals surface area contributed by atoms with Crippen molar-refractivity contribution < 1.29 is 14.3 Å². The van der Waals surface area contributed by atoms with Gasteiger partial charge in [0.25, 0.3) is 0 Å². The molecule has 1 aromatic carbocycles. The first-order valence-corrected chi connectivity index (χ1v) is 6.43. The quantitative estimate of drug-likeness (QED) is 0.821. The number of nitrogens with two attached hydrogens (primary N) is 1. The van der Waals surface area contributed by atoms with E-state index in [0.29, 0.717) is 26.0 Å². The Morgan fingerprint density at radius 3 is 2.89 bits per heavy atom. The molecule has 0 bridgehead atoms. The van der Waals surface area contributed by atoms with Crippen molar-refractivity contribution in [3.8, 4) is 0 Å². The standard InChI is InChI=1S/C14H18N2O3/c1-2-19-14(18)9-16-12-5-3-10(8-15)7-11(12)4-6-13(16)17/h3,5,7H,2,4,6,8-9,15H2,1H3. The number of hydrogen-bond donors (Lipinski definition) is 1. The Bertz CT molecular complexity index is 499. The van der Waals surface area contributed by atoms with Gasteiger partial charge in [-0.1, -0.05) is 12.1 Å². The normalized spacial score (nSPS) is 14.2. The Labute approximate surface area is 112 Å². The second-order valence-electron chi connectivity index (χ2n) is 4.45. The molecule has 2 rings (SSSR count). The SMILES string of the molecule is CCOC(=O)CN1C(=O)CCc2cc(CN)ccc21. The van der Waals surface area contributed by atoms with E-state index < -0.39 is 0 Å². The van der Waals surface area contributed by atoms with Gasteiger partial charge in [0.2, 0.25) is 5.91 Å². The molecule has 0 unspecified atom stereocenters. The number of aryl methyl sites for hydroxylation is 1. The molecule has 0 spiro atoms. The first-order valence-electron chi connectivity index (χ1n) is 6.43. The van der Waals surface area contributed by atoms with Gasteiger partial charge in [-0.25, -0.2) is 0 Å². The first kappa shape index (κ1) is 13.5. The van der Waals surface area contributed by atoms with E-state index >= 15 is 0 Å². The summed E-state index contributed by atoms with van der Waals surface area (Å²) >= 11 is 0. The van der Waals surface area contributed by atoms with Crippen LogP contribution in [0.25, 0.3) is 0 Å². The summed E-state index contributed by atoms with van der Waals surface area (Å²) in [5.74, 6) is -0.423. The minimum Gasteiger partial charge on any atom is -0.465 e. The predicted molar refractivity (Wildman–Crippen MR) is 71.6 cm³/mol. The molecule has 1 amide bonds. The molecule has 19 heavy (non-hydrogen) atoms. The summed E-state index contributed by atoms with van der Waals surface area (Å²) in [5.41, 5.74) is 8.50. The first-order chi connectivity index (χ1) is 9.15. The van der Waals surface area contributed by atoms with Crippen molar-refractivity contribution in [3.63, 3.8) is 0 Å². The fourth-order valence-electron chi connectivity index (χ4n) is 2.25. The third kappa shape index (κ3) is 2.93. The summed E-state index contributed by atoms with van der Waals surface area (Å²) in [4.78, 5) is 25.0. The van der Waals surface area contributed by atoms with Crippen LogP contribution in [0, 0.1) is 0 Å². The van der Waals surface area contributed by atoms with Crippen molar-refractivity contribution in [2.24, 2.45) is 5.73 Å². The predicted octanol–water partition coefficient (Wildman–Crippen LogP) is 0.988. The zero-order chi connectivity index (χ0) is 13.8. The number of carbonyl (C=O) groups excluding carboxylic acids is 2. The molecule has 1 aliphatic rings. The number of rotatable bonds is 4. The van der Waals surface area contributed by atoms with Gasteiger partial charge in [-0.3, -0.25) is 9.59 Å². The van der Waals surface area contributed by atoms with Gasteiger partial charge in [0.05, 0.1) is 6.61 Å². The number of carbonyl (C=O) groups is 2. The van der Waals surface area contributed by atoms with Gasteiger partial charge in [0.1, 0.15) is 6.54 Å². The number of nitrogens with zero attached hydrogens (tertiary/aromatic N) is 1. The van der Waals surface area contributed by atoms with Crippen LogP contribution in [0.4, 0.5) is 5.69 Å². The van der Waals surface area contributed by atoms with Crippen LogP contribution in [-0.2, 0) is 27.3 Å². The van der Waals surface area contributed by atoms with Gasteiger partial charge in [0, 0.05) is 18.7 Å². The molecule has 5 heteroatoms. The molecule has 0 aliphatic carbocycles. The lowest BCUT2D eigenvalue weighted by atomic mass is 9.98. The van der Waals surface area contributed by atoms with Crippen LogP contribution in [0.1, 0.15) is 24.5 Å². The third-order valence-electron chi connectivity index (χ3n) is 3.17. The smallest absolute Gasteiger partial charge is 0.326 e. The van der Waals surface area contributed by atoms with Crippen LogP contribution in [0.3, 0.4) is 0 Å². The van der Waals surface area contributed by atoms with Gasteiger partial charge < -0.3 is 15.4 Å². The summed E-state index contributed by atoms with van der Waals surface area (Å²) in [6.45, 7) is 2.51. The highest BCUT2D eigenvalue weighted by atomic mass is 16.5. The number of amides is 1. The fourth-order valence-corrected chi connectivity index (χ4v) is 2.25. The van der Waals surface area contributed by atoms with Crippen molar-refractivity contribution in [1.29, 1.82) is 0 Å². The van der Waals surface area contributed by atoms with Gasteiger partial charge in [-0.15, -0.1) is 0 Å². The average molecular weight is 262 g/mol. The third-order valence-corrected chi connectivity index (χ3v) is 3.17. The Kier molecular flexibility index (Phi) is 4.16. The summed E-state index contributed by atoms with van der Waals surface area (Å²) in [5, 5.41) is 0. The number of anilines is 1. The van der Waals surface area contributed by atoms with Crippen LogP contribution < -0.4 is 10.6 Å². The highest BCUT2D eigenvalue weighted by Crippen LogP contribution is 2.28. The van der Waals surface area contributed by atoms with Gasteiger partial charge in [0.15, 0.2) is 0 Å². The maximum absolute atomic E-state index is 11.9. The van der Waals surface area contributed by atoms with E-state index in [-0.39, 0.29) is 18.4 Å². The van der Waals surface area contributed by atoms with Crippen LogP contribution in [0.2, 0.25) is 0 Å². The number of benzene rings is 1. The molecule has 0 fully saturated rings. The summed E-state index contributed by atoms with van der Waals surface area (Å²) < 4.78 is 4.90. The van der Waals surface area contributed by atoms with Gasteiger partial charge in [-0.2, -0.15) is 0 Å². The van der Waals surface area contributed by atoms with Crippen LogP contribution in [0.5, 0.6) is 0 Å². The number of fused-ring (bicyclic) bond motifs is 1. The fraction of sp³-hybridized carbons (Fsp3) is 0.429. The van der Waals surface area contributed by atoms with Crippen LogP contribution >= 0.6 is 0 Å². The molecule has 0 aromatic heterocycles. The Morgan fingerprint density at radius 1 is 1.42 bits per heavy atom. The monoisotopic (exact) mass is 262 g/mol. The second kappa shape index (κ2) is 5.84. The van der Waals surface area contributed by atoms with Crippen molar-refractivity contribution in [2.75, 3.05) is 18.1 Å². The van der Waals surface area contributed by atoms with Crippen molar-refractivity contribution >= 4 is 17.6 Å².